The van der Waals surface area contributed by atoms with E-state index in [9.17, 15) is 24.9 Å². The molecule has 5 N–H and O–H groups in total. The number of hydrogen-bond acceptors (Lipinski definition) is 12. The number of carbonyl (C=O) groups excluding carboxylic acids is 1. The summed E-state index contributed by atoms with van der Waals surface area (Å²) in [5, 5.41) is 50.5. The van der Waals surface area contributed by atoms with Crippen LogP contribution in [0.25, 0.3) is 33.1 Å². The molecule has 9 rings (SSSR count). The number of aromatic amines is 1. The van der Waals surface area contributed by atoms with Gasteiger partial charge in [-0.05, 0) is 139 Å². The molecule has 2 aliphatic carbocycles. The van der Waals surface area contributed by atoms with E-state index in [-0.39, 0.29) is 17.4 Å². The van der Waals surface area contributed by atoms with E-state index in [4.69, 9.17) is 4.74 Å². The fourth-order valence-electron chi connectivity index (χ4n) is 9.27. The number of benzene rings is 3. The fourth-order valence-corrected chi connectivity index (χ4v) is 11.2. The van der Waals surface area contributed by atoms with Gasteiger partial charge in [0.2, 0.25) is 11.2 Å². The van der Waals surface area contributed by atoms with Gasteiger partial charge < -0.3 is 35.3 Å². The van der Waals surface area contributed by atoms with Crippen LogP contribution in [-0.2, 0) is 41.1 Å². The highest BCUT2D eigenvalue weighted by molar-refractivity contribution is 7.12. The first-order valence-electron chi connectivity index (χ1n) is 21.1. The van der Waals surface area contributed by atoms with Crippen LogP contribution in [0.15, 0.2) is 94.4 Å². The van der Waals surface area contributed by atoms with Crippen LogP contribution in [0.2, 0.25) is 0 Å². The zero-order valence-electron chi connectivity index (χ0n) is 34.0. The quantitative estimate of drug-likeness (QED) is 0.0667. The summed E-state index contributed by atoms with van der Waals surface area (Å²) < 4.78 is 8.19. The molecule has 14 heteroatoms. The lowest BCUT2D eigenvalue weighted by atomic mass is 9.91. The molecule has 0 aliphatic heterocycles. The number of phenols is 1. The molecule has 0 spiro atoms. The normalized spacial score (nSPS) is 18.1. The zero-order valence-corrected chi connectivity index (χ0v) is 35.7. The summed E-state index contributed by atoms with van der Waals surface area (Å²) in [7, 11) is 2.17. The summed E-state index contributed by atoms with van der Waals surface area (Å²) in [6.07, 6.45) is 6.16. The number of hydrogen-bond donors (Lipinski definition) is 5. The maximum absolute atomic E-state index is 13.9. The number of aromatic hydroxyl groups is 1. The lowest BCUT2D eigenvalue weighted by Gasteiger charge is -2.35. The molecule has 2 aliphatic rings. The highest BCUT2D eigenvalue weighted by Crippen LogP contribution is 2.41. The van der Waals surface area contributed by atoms with Gasteiger partial charge in [-0.1, -0.05) is 47.7 Å². The number of phenolic OH excluding ortho intramolecular Hbond substituents is 1. The topological polar surface area (TPSA) is 166 Å². The van der Waals surface area contributed by atoms with Crippen LogP contribution in [0.5, 0.6) is 5.75 Å². The van der Waals surface area contributed by atoms with Crippen LogP contribution in [0.4, 0.5) is 0 Å². The Bertz CT molecular complexity index is 2710. The molecule has 3 aromatic carbocycles. The summed E-state index contributed by atoms with van der Waals surface area (Å²) in [6, 6.07) is 24.2. The van der Waals surface area contributed by atoms with Gasteiger partial charge in [-0.25, -0.2) is 9.48 Å². The molecule has 4 aromatic heterocycles. The van der Waals surface area contributed by atoms with Gasteiger partial charge in [0.1, 0.15) is 17.4 Å². The first-order chi connectivity index (χ1) is 29.7. The van der Waals surface area contributed by atoms with Crippen molar-refractivity contribution >= 4 is 50.6 Å². The van der Waals surface area contributed by atoms with Crippen molar-refractivity contribution in [1.29, 1.82) is 0 Å². The Labute approximate surface area is 361 Å². The van der Waals surface area contributed by atoms with E-state index in [0.717, 1.165) is 86.6 Å². The van der Waals surface area contributed by atoms with Crippen molar-refractivity contribution in [1.82, 2.24) is 30.2 Å². The van der Waals surface area contributed by atoms with E-state index in [0.29, 0.717) is 45.4 Å². The van der Waals surface area contributed by atoms with E-state index in [1.54, 1.807) is 18.2 Å². The van der Waals surface area contributed by atoms with Gasteiger partial charge in [0, 0.05) is 37.1 Å². The molecule has 0 saturated heterocycles. The first kappa shape index (κ1) is 41.1. The molecule has 0 radical (unpaired) electrons. The molecule has 61 heavy (non-hydrogen) atoms. The summed E-state index contributed by atoms with van der Waals surface area (Å²) in [5.41, 5.74) is 6.59. The number of thiophene rings is 2. The molecule has 0 bridgehead atoms. The van der Waals surface area contributed by atoms with Crippen LogP contribution < -0.4 is 10.9 Å². The molecular formula is C47H50N6O6S2. The average Bonchev–Trinajstić information content (AvgIpc) is 4.12. The van der Waals surface area contributed by atoms with E-state index in [1.807, 2.05) is 53.2 Å². The molecule has 4 heterocycles. The van der Waals surface area contributed by atoms with Crippen molar-refractivity contribution in [2.45, 2.75) is 88.3 Å². The summed E-state index contributed by atoms with van der Waals surface area (Å²) in [4.78, 5) is 31.9. The van der Waals surface area contributed by atoms with Gasteiger partial charge in [0.05, 0.1) is 26.9 Å². The molecule has 12 nitrogen and oxygen atoms in total. The maximum Gasteiger partial charge on any atom is 0.349 e. The zero-order chi connectivity index (χ0) is 42.1. The minimum atomic E-state index is -1.86. The highest BCUT2D eigenvalue weighted by Gasteiger charge is 2.45. The third kappa shape index (κ3) is 8.28. The molecule has 1 saturated carbocycles. The number of fused-ring (bicyclic) bond motifs is 4. The Morgan fingerprint density at radius 1 is 1.00 bits per heavy atom. The van der Waals surface area contributed by atoms with Crippen LogP contribution in [0.1, 0.15) is 76.6 Å². The molecular weight excluding hydrogens is 809 g/mol. The van der Waals surface area contributed by atoms with Crippen LogP contribution in [0.3, 0.4) is 0 Å². The van der Waals surface area contributed by atoms with Gasteiger partial charge in [-0.2, -0.15) is 0 Å². The number of carbonyl (C=O) groups is 1. The van der Waals surface area contributed by atoms with Gasteiger partial charge in [0.15, 0.2) is 0 Å². The molecule has 0 amide bonds. The van der Waals surface area contributed by atoms with Crippen molar-refractivity contribution in [3.05, 3.63) is 132 Å². The van der Waals surface area contributed by atoms with Gasteiger partial charge in [-0.15, -0.1) is 27.8 Å². The fraction of sp³-hybridized carbons (Fsp3) is 0.362. The number of aliphatic hydroxyl groups is 2. The predicted molar refractivity (Wildman–Crippen MR) is 239 cm³/mol. The van der Waals surface area contributed by atoms with Gasteiger partial charge in [0.25, 0.3) is 0 Å². The SMILES string of the molecule is CN(CCCn1nnc2cc(CNC[C@H](O)c3ccc(O)c4[nH]c(=O)ccc34)c3c(c21)CCC3)[C@H]1CC[C@H](OC(=O)C(O)(c2cccs2)c2cc(-c3ccccc3)cs2)CC1. The summed E-state index contributed by atoms with van der Waals surface area (Å²) in [5.74, 6) is -0.643. The second-order valence-electron chi connectivity index (χ2n) is 16.4. The van der Waals surface area contributed by atoms with E-state index in [1.165, 1.54) is 51.5 Å². The van der Waals surface area contributed by atoms with Crippen LogP contribution in [-0.4, -0.2) is 78.4 Å². The smallest absolute Gasteiger partial charge is 0.349 e. The molecule has 1 unspecified atom stereocenters. The summed E-state index contributed by atoms with van der Waals surface area (Å²) >= 11 is 2.73. The molecule has 2 atom stereocenters. The first-order valence-corrected chi connectivity index (χ1v) is 22.9. The third-order valence-corrected chi connectivity index (χ3v) is 14.6. The predicted octanol–water partition coefficient (Wildman–Crippen LogP) is 7.19. The molecule has 7 aromatic rings. The third-order valence-electron chi connectivity index (χ3n) is 12.5. The van der Waals surface area contributed by atoms with Crippen LogP contribution in [0, 0.1) is 0 Å². The summed E-state index contributed by atoms with van der Waals surface area (Å²) in [6.45, 7) is 2.52. The number of pyridine rings is 1. The Kier molecular flexibility index (Phi) is 11.9. The number of esters is 1. The number of nitrogens with one attached hydrogen (secondary N) is 2. The minimum absolute atomic E-state index is 0.0331. The van der Waals surface area contributed by atoms with E-state index < -0.39 is 17.7 Å². The average molecular weight is 859 g/mol. The van der Waals surface area contributed by atoms with Gasteiger partial charge in [-0.3, -0.25) is 4.79 Å². The second-order valence-corrected chi connectivity index (χ2v) is 18.2. The number of ether oxygens (including phenoxy) is 1. The highest BCUT2D eigenvalue weighted by atomic mass is 32.1. The molecule has 1 fully saturated rings. The Morgan fingerprint density at radius 3 is 2.62 bits per heavy atom. The standard InChI is InChI=1S/C47H50N6O6S2/c1-52(32-13-15-33(16-14-32)59-46(57)47(58,41-12-6-23-60-41)42-25-31(28-61-42)29-8-3-2-4-9-29)21-7-22-53-45-37-11-5-10-34(37)30(24-38(45)50-51-53)26-48-27-40(55)35-17-19-39(54)44-36(35)18-20-43(56)49-44/h2-4,6,8-9,12,17-20,23-25,28,32-33,40,48,54-55,58H,5,7,10-11,13-16,21-22,26-27H2,1H3,(H,49,56)/t32-,33-,40-,47?/m0/s1. The van der Waals surface area contributed by atoms with Crippen LogP contribution >= 0.6 is 22.7 Å². The van der Waals surface area contributed by atoms with Crippen molar-refractivity contribution in [3.8, 4) is 16.9 Å². The number of aryl methyl sites for hydroxylation is 2. The Hall–Kier alpha value is -5.22. The van der Waals surface area contributed by atoms with Gasteiger partial charge >= 0.3 is 5.97 Å². The number of aliphatic hydroxyl groups excluding tert-OH is 1. The van der Waals surface area contributed by atoms with Crippen molar-refractivity contribution in [2.75, 3.05) is 20.1 Å². The number of nitrogens with zero attached hydrogens (tertiary/aromatic N) is 4. The number of H-pyrrole nitrogens is 1. The van der Waals surface area contributed by atoms with Crippen molar-refractivity contribution < 1.29 is 24.9 Å². The monoisotopic (exact) mass is 858 g/mol. The molecule has 316 valence electrons. The lowest BCUT2D eigenvalue weighted by molar-refractivity contribution is -0.169. The van der Waals surface area contributed by atoms with E-state index in [2.05, 4.69) is 43.3 Å². The van der Waals surface area contributed by atoms with Crippen molar-refractivity contribution in [3.63, 3.8) is 0 Å². The Balaban J connectivity index is 0.780. The Morgan fingerprint density at radius 2 is 1.82 bits per heavy atom. The largest absolute Gasteiger partial charge is 0.506 e. The van der Waals surface area contributed by atoms with E-state index >= 15 is 0 Å². The maximum atomic E-state index is 13.9. The second kappa shape index (κ2) is 17.6. The number of aromatic nitrogens is 4. The number of rotatable bonds is 15. The lowest BCUT2D eigenvalue weighted by Crippen LogP contribution is -2.42. The minimum Gasteiger partial charge on any atom is -0.506 e. The van der Waals surface area contributed by atoms with Crippen molar-refractivity contribution in [2.24, 2.45) is 0 Å².